The van der Waals surface area contributed by atoms with Crippen molar-refractivity contribution in [2.75, 3.05) is 0 Å². The lowest BCUT2D eigenvalue weighted by Crippen LogP contribution is -2.05. The van der Waals surface area contributed by atoms with Crippen LogP contribution in [0.2, 0.25) is 0 Å². The maximum Gasteiger partial charge on any atom is 0.108 e. The van der Waals surface area contributed by atoms with Gasteiger partial charge in [0.15, 0.2) is 0 Å². The van der Waals surface area contributed by atoms with Crippen LogP contribution in [0.15, 0.2) is 18.2 Å². The number of aliphatic hydroxyl groups excluding tert-OH is 1. The summed E-state index contributed by atoms with van der Waals surface area (Å²) in [5, 5.41) is 14.9. The van der Waals surface area contributed by atoms with E-state index in [0.29, 0.717) is 0 Å². The molecule has 0 aliphatic rings. The zero-order chi connectivity index (χ0) is 13.4. The van der Waals surface area contributed by atoms with Gasteiger partial charge in [-0.15, -0.1) is 0 Å². The quantitative estimate of drug-likeness (QED) is 0.882. The fourth-order valence-electron chi connectivity index (χ4n) is 2.47. The summed E-state index contributed by atoms with van der Waals surface area (Å²) in [7, 11) is 1.90. The first-order valence-corrected chi connectivity index (χ1v) is 6.17. The minimum atomic E-state index is -0.598. The molecule has 0 amide bonds. The second kappa shape index (κ2) is 4.58. The molecule has 0 spiro atoms. The maximum atomic E-state index is 10.6. The SMILES string of the molecule is Cc1ccc(C(O)c2c(C)nn(C)c2C)c(C)c1. The second-order valence-corrected chi connectivity index (χ2v) is 4.97. The molecule has 0 aliphatic carbocycles. The molecule has 3 heteroatoms. The van der Waals surface area contributed by atoms with E-state index in [-0.39, 0.29) is 0 Å². The summed E-state index contributed by atoms with van der Waals surface area (Å²) >= 11 is 0. The van der Waals surface area contributed by atoms with E-state index in [1.807, 2.05) is 44.6 Å². The number of nitrogens with zero attached hydrogens (tertiary/aromatic N) is 2. The zero-order valence-electron chi connectivity index (χ0n) is 11.7. The van der Waals surface area contributed by atoms with Crippen molar-refractivity contribution in [3.05, 3.63) is 51.8 Å². The van der Waals surface area contributed by atoms with E-state index in [4.69, 9.17) is 0 Å². The monoisotopic (exact) mass is 244 g/mol. The predicted molar refractivity (Wildman–Crippen MR) is 72.7 cm³/mol. The summed E-state index contributed by atoms with van der Waals surface area (Å²) in [4.78, 5) is 0. The molecular formula is C15H20N2O. The van der Waals surface area contributed by atoms with E-state index in [1.165, 1.54) is 5.56 Å². The van der Waals surface area contributed by atoms with E-state index in [9.17, 15) is 5.11 Å². The first kappa shape index (κ1) is 12.8. The summed E-state index contributed by atoms with van der Waals surface area (Å²) in [6.07, 6.45) is -0.598. The fraction of sp³-hybridized carbons (Fsp3) is 0.400. The number of hydrogen-bond acceptors (Lipinski definition) is 2. The number of aliphatic hydroxyl groups is 1. The first-order chi connectivity index (χ1) is 8.41. The van der Waals surface area contributed by atoms with Crippen LogP contribution >= 0.6 is 0 Å². The molecule has 1 aromatic carbocycles. The Bertz CT molecular complexity index is 584. The molecule has 0 saturated carbocycles. The van der Waals surface area contributed by atoms with Gasteiger partial charge >= 0.3 is 0 Å². The van der Waals surface area contributed by atoms with E-state index < -0.39 is 6.10 Å². The summed E-state index contributed by atoms with van der Waals surface area (Å²) in [6, 6.07) is 6.13. The molecule has 1 unspecified atom stereocenters. The molecule has 1 atom stereocenters. The molecule has 2 aromatic rings. The van der Waals surface area contributed by atoms with Gasteiger partial charge in [0.1, 0.15) is 6.10 Å². The van der Waals surface area contributed by atoms with Crippen molar-refractivity contribution < 1.29 is 5.11 Å². The third kappa shape index (κ3) is 2.06. The van der Waals surface area contributed by atoms with Crippen LogP contribution in [0.5, 0.6) is 0 Å². The van der Waals surface area contributed by atoms with Gasteiger partial charge in [-0.2, -0.15) is 5.10 Å². The Hall–Kier alpha value is -1.61. The molecule has 2 rings (SSSR count). The molecule has 0 fully saturated rings. The normalized spacial score (nSPS) is 12.8. The van der Waals surface area contributed by atoms with Crippen molar-refractivity contribution >= 4 is 0 Å². The van der Waals surface area contributed by atoms with Crippen LogP contribution in [0.1, 0.15) is 39.7 Å². The molecule has 0 bridgehead atoms. The van der Waals surface area contributed by atoms with Crippen molar-refractivity contribution in [2.45, 2.75) is 33.8 Å². The summed E-state index contributed by atoms with van der Waals surface area (Å²) in [5.41, 5.74) is 6.11. The predicted octanol–water partition coefficient (Wildman–Crippen LogP) is 2.74. The molecule has 0 radical (unpaired) electrons. The third-order valence-corrected chi connectivity index (χ3v) is 3.56. The molecule has 0 aliphatic heterocycles. The number of rotatable bonds is 2. The Morgan fingerprint density at radius 3 is 2.33 bits per heavy atom. The van der Waals surface area contributed by atoms with Gasteiger partial charge in [-0.3, -0.25) is 4.68 Å². The molecule has 1 aromatic heterocycles. The highest BCUT2D eigenvalue weighted by Crippen LogP contribution is 2.29. The largest absolute Gasteiger partial charge is 0.384 e. The van der Waals surface area contributed by atoms with Gasteiger partial charge < -0.3 is 5.11 Å². The summed E-state index contributed by atoms with van der Waals surface area (Å²) in [5.74, 6) is 0. The smallest absolute Gasteiger partial charge is 0.108 e. The van der Waals surface area contributed by atoms with E-state index in [0.717, 1.165) is 28.1 Å². The lowest BCUT2D eigenvalue weighted by atomic mass is 9.95. The molecule has 1 heterocycles. The number of benzene rings is 1. The van der Waals surface area contributed by atoms with E-state index in [2.05, 4.69) is 18.1 Å². The van der Waals surface area contributed by atoms with Crippen LogP contribution in [-0.4, -0.2) is 14.9 Å². The van der Waals surface area contributed by atoms with Gasteiger partial charge in [-0.25, -0.2) is 0 Å². The fourth-order valence-corrected chi connectivity index (χ4v) is 2.47. The lowest BCUT2D eigenvalue weighted by molar-refractivity contribution is 0.218. The Morgan fingerprint density at radius 1 is 1.17 bits per heavy atom. The number of hydrogen-bond donors (Lipinski definition) is 1. The first-order valence-electron chi connectivity index (χ1n) is 6.17. The van der Waals surface area contributed by atoms with Gasteiger partial charge in [0, 0.05) is 18.3 Å². The molecule has 3 nitrogen and oxygen atoms in total. The number of aryl methyl sites for hydroxylation is 4. The van der Waals surface area contributed by atoms with Crippen LogP contribution in [-0.2, 0) is 7.05 Å². The van der Waals surface area contributed by atoms with Crippen molar-refractivity contribution in [1.29, 1.82) is 0 Å². The van der Waals surface area contributed by atoms with Gasteiger partial charge in [0.05, 0.1) is 5.69 Å². The topological polar surface area (TPSA) is 38.1 Å². The lowest BCUT2D eigenvalue weighted by Gasteiger charge is -2.15. The highest BCUT2D eigenvalue weighted by Gasteiger charge is 2.20. The number of aromatic nitrogens is 2. The third-order valence-electron chi connectivity index (χ3n) is 3.56. The molecule has 0 saturated heterocycles. The Morgan fingerprint density at radius 2 is 1.83 bits per heavy atom. The minimum Gasteiger partial charge on any atom is -0.384 e. The van der Waals surface area contributed by atoms with Crippen LogP contribution in [0.3, 0.4) is 0 Å². The second-order valence-electron chi connectivity index (χ2n) is 4.97. The van der Waals surface area contributed by atoms with Gasteiger partial charge in [0.25, 0.3) is 0 Å². The molecule has 18 heavy (non-hydrogen) atoms. The summed E-state index contributed by atoms with van der Waals surface area (Å²) in [6.45, 7) is 8.02. The van der Waals surface area contributed by atoms with Gasteiger partial charge in [-0.05, 0) is 38.8 Å². The van der Waals surface area contributed by atoms with Gasteiger partial charge in [-0.1, -0.05) is 23.8 Å². The van der Waals surface area contributed by atoms with Crippen molar-refractivity contribution in [1.82, 2.24) is 9.78 Å². The Balaban J connectivity index is 2.51. The summed E-state index contributed by atoms with van der Waals surface area (Å²) < 4.78 is 1.82. The van der Waals surface area contributed by atoms with Crippen LogP contribution in [0.25, 0.3) is 0 Å². The Kier molecular flexibility index (Phi) is 3.26. The molecular weight excluding hydrogens is 224 g/mol. The molecule has 96 valence electrons. The van der Waals surface area contributed by atoms with Crippen molar-refractivity contribution in [3.63, 3.8) is 0 Å². The molecule has 1 N–H and O–H groups in total. The van der Waals surface area contributed by atoms with Crippen molar-refractivity contribution in [3.8, 4) is 0 Å². The van der Waals surface area contributed by atoms with Crippen LogP contribution in [0.4, 0.5) is 0 Å². The maximum absolute atomic E-state index is 10.6. The van der Waals surface area contributed by atoms with Crippen molar-refractivity contribution in [2.24, 2.45) is 7.05 Å². The van der Waals surface area contributed by atoms with E-state index >= 15 is 0 Å². The van der Waals surface area contributed by atoms with Gasteiger partial charge in [0.2, 0.25) is 0 Å². The van der Waals surface area contributed by atoms with E-state index in [1.54, 1.807) is 0 Å². The average Bonchev–Trinajstić information content (AvgIpc) is 2.52. The van der Waals surface area contributed by atoms with Crippen LogP contribution in [0, 0.1) is 27.7 Å². The Labute approximate surface area is 108 Å². The average molecular weight is 244 g/mol. The minimum absolute atomic E-state index is 0.598. The zero-order valence-corrected chi connectivity index (χ0v) is 11.7. The standard InChI is InChI=1S/C15H20N2O/c1-9-6-7-13(10(2)8-9)15(18)14-11(3)16-17(5)12(14)4/h6-8,15,18H,1-5H3. The highest BCUT2D eigenvalue weighted by atomic mass is 16.3. The highest BCUT2D eigenvalue weighted by molar-refractivity contribution is 5.40. The van der Waals surface area contributed by atoms with Crippen LogP contribution < -0.4 is 0 Å².